The number of hydrogen-bond acceptors (Lipinski definition) is 4. The Balaban J connectivity index is 2.79. The smallest absolute Gasteiger partial charge is 0.231 e. The number of hydrogen-bond donors (Lipinski definition) is 1. The lowest BCUT2D eigenvalue weighted by Gasteiger charge is -2.16. The Hall–Kier alpha value is -1.11. The van der Waals surface area contributed by atoms with Crippen LogP contribution < -0.4 is 10.2 Å². The van der Waals surface area contributed by atoms with Gasteiger partial charge in [0.05, 0.1) is 18.6 Å². The normalized spacial score (nSPS) is 11.4. The molecule has 1 aromatic carbocycles. The maximum absolute atomic E-state index is 11.3. The van der Waals surface area contributed by atoms with Crippen LogP contribution >= 0.6 is 0 Å². The highest BCUT2D eigenvalue weighted by Crippen LogP contribution is 2.16. The minimum Gasteiger partial charge on any atom is -0.304 e. The average Bonchev–Trinajstić information content (AvgIpc) is 2.25. The quantitative estimate of drug-likeness (QED) is 0.766. The summed E-state index contributed by atoms with van der Waals surface area (Å²) in [6.07, 6.45) is 1.88. The molecule has 0 aliphatic heterocycles. The molecular formula is C10H16N2O3S. The molecule has 0 amide bonds. The lowest BCUT2D eigenvalue weighted by Crippen LogP contribution is -2.24. The van der Waals surface area contributed by atoms with Gasteiger partial charge in [0.25, 0.3) is 0 Å². The highest BCUT2D eigenvalue weighted by molar-refractivity contribution is 7.92. The van der Waals surface area contributed by atoms with E-state index in [1.165, 1.54) is 17.6 Å². The van der Waals surface area contributed by atoms with E-state index in [2.05, 4.69) is 4.84 Å². The van der Waals surface area contributed by atoms with Gasteiger partial charge < -0.3 is 4.84 Å². The number of benzene rings is 1. The van der Waals surface area contributed by atoms with Crippen molar-refractivity contribution in [1.82, 2.24) is 0 Å². The van der Waals surface area contributed by atoms with Crippen molar-refractivity contribution in [2.75, 3.05) is 24.2 Å². The summed E-state index contributed by atoms with van der Waals surface area (Å²) in [5.41, 5.74) is 1.69. The average molecular weight is 244 g/mol. The van der Waals surface area contributed by atoms with Crippen molar-refractivity contribution in [3.8, 4) is 0 Å². The molecule has 1 aromatic rings. The van der Waals surface area contributed by atoms with Gasteiger partial charge in [-0.2, -0.15) is 0 Å². The molecule has 0 heterocycles. The minimum atomic E-state index is -3.20. The molecule has 0 aromatic heterocycles. The Labute approximate surface area is 95.8 Å². The van der Waals surface area contributed by atoms with E-state index < -0.39 is 10.0 Å². The first-order valence-corrected chi connectivity index (χ1v) is 6.64. The van der Waals surface area contributed by atoms with Crippen LogP contribution in [0.2, 0.25) is 0 Å². The molecule has 0 saturated heterocycles. The molecule has 90 valence electrons. The first-order chi connectivity index (χ1) is 7.45. The molecule has 0 radical (unpaired) electrons. The fraction of sp³-hybridized carbons (Fsp3) is 0.400. The van der Waals surface area contributed by atoms with Gasteiger partial charge in [-0.3, -0.25) is 4.31 Å². The Morgan fingerprint density at radius 1 is 1.31 bits per heavy atom. The van der Waals surface area contributed by atoms with Crippen molar-refractivity contribution in [2.24, 2.45) is 5.90 Å². The van der Waals surface area contributed by atoms with E-state index in [1.54, 1.807) is 12.1 Å². The third-order valence-electron chi connectivity index (χ3n) is 2.31. The van der Waals surface area contributed by atoms with Gasteiger partial charge in [0.2, 0.25) is 10.0 Å². The first-order valence-electron chi connectivity index (χ1n) is 4.79. The molecule has 0 unspecified atom stereocenters. The monoisotopic (exact) mass is 244 g/mol. The van der Waals surface area contributed by atoms with Crippen molar-refractivity contribution in [2.45, 2.75) is 6.42 Å². The molecule has 16 heavy (non-hydrogen) atoms. The van der Waals surface area contributed by atoms with Crippen LogP contribution in [-0.2, 0) is 21.3 Å². The molecule has 0 spiro atoms. The fourth-order valence-corrected chi connectivity index (χ4v) is 1.75. The molecule has 6 heteroatoms. The summed E-state index contributed by atoms with van der Waals surface area (Å²) in [5.74, 6) is 4.92. The van der Waals surface area contributed by atoms with Gasteiger partial charge in [0.1, 0.15) is 0 Å². The van der Waals surface area contributed by atoms with Crippen LogP contribution in [-0.4, -0.2) is 28.3 Å². The molecule has 1 rings (SSSR count). The third-order valence-corrected chi connectivity index (χ3v) is 3.51. The first kappa shape index (κ1) is 13.0. The molecule has 0 fully saturated rings. The van der Waals surface area contributed by atoms with E-state index in [4.69, 9.17) is 5.90 Å². The Morgan fingerprint density at radius 2 is 1.88 bits per heavy atom. The number of anilines is 1. The van der Waals surface area contributed by atoms with Gasteiger partial charge in [0, 0.05) is 7.05 Å². The fourth-order valence-electron chi connectivity index (χ4n) is 1.24. The largest absolute Gasteiger partial charge is 0.304 e. The van der Waals surface area contributed by atoms with E-state index in [-0.39, 0.29) is 0 Å². The Morgan fingerprint density at radius 3 is 2.31 bits per heavy atom. The molecular weight excluding hydrogens is 228 g/mol. The third kappa shape index (κ3) is 3.48. The minimum absolute atomic E-state index is 0.446. The van der Waals surface area contributed by atoms with Crippen LogP contribution in [0.4, 0.5) is 5.69 Å². The van der Waals surface area contributed by atoms with Gasteiger partial charge in [-0.1, -0.05) is 12.1 Å². The maximum atomic E-state index is 11.3. The topological polar surface area (TPSA) is 72.6 Å². The summed E-state index contributed by atoms with van der Waals surface area (Å²) in [6.45, 7) is 0.446. The van der Waals surface area contributed by atoms with Crippen molar-refractivity contribution in [3.05, 3.63) is 29.8 Å². The molecule has 0 aliphatic carbocycles. The van der Waals surface area contributed by atoms with E-state index in [9.17, 15) is 8.42 Å². The van der Waals surface area contributed by atoms with Crippen LogP contribution in [0.3, 0.4) is 0 Å². The second kappa shape index (κ2) is 5.29. The number of rotatable bonds is 5. The van der Waals surface area contributed by atoms with E-state index >= 15 is 0 Å². The lowest BCUT2D eigenvalue weighted by molar-refractivity contribution is 0.141. The Bertz CT molecular complexity index is 428. The van der Waals surface area contributed by atoms with Crippen molar-refractivity contribution in [1.29, 1.82) is 0 Å². The van der Waals surface area contributed by atoms with Crippen molar-refractivity contribution in [3.63, 3.8) is 0 Å². The summed E-state index contributed by atoms with van der Waals surface area (Å²) in [7, 11) is -1.68. The van der Waals surface area contributed by atoms with E-state index in [0.717, 1.165) is 5.56 Å². The summed E-state index contributed by atoms with van der Waals surface area (Å²) >= 11 is 0. The van der Waals surface area contributed by atoms with Crippen LogP contribution in [0.1, 0.15) is 5.56 Å². The molecule has 0 aliphatic rings. The van der Waals surface area contributed by atoms with Gasteiger partial charge >= 0.3 is 0 Å². The van der Waals surface area contributed by atoms with E-state index in [1.807, 2.05) is 12.1 Å². The van der Waals surface area contributed by atoms with Gasteiger partial charge in [-0.15, -0.1) is 0 Å². The maximum Gasteiger partial charge on any atom is 0.231 e. The molecule has 0 saturated carbocycles. The second-order valence-electron chi connectivity index (χ2n) is 3.52. The molecule has 5 nitrogen and oxygen atoms in total. The zero-order valence-electron chi connectivity index (χ0n) is 9.38. The highest BCUT2D eigenvalue weighted by atomic mass is 32.2. The Kier molecular flexibility index (Phi) is 4.28. The van der Waals surface area contributed by atoms with Crippen LogP contribution in [0.5, 0.6) is 0 Å². The van der Waals surface area contributed by atoms with Gasteiger partial charge in [-0.05, 0) is 24.1 Å². The van der Waals surface area contributed by atoms with Crippen LogP contribution in [0.15, 0.2) is 24.3 Å². The SMILES string of the molecule is CN(c1ccc(CCON)cc1)S(C)(=O)=O. The predicted molar refractivity (Wildman–Crippen MR) is 63.5 cm³/mol. The number of nitrogens with two attached hydrogens (primary N) is 1. The number of nitrogens with zero attached hydrogens (tertiary/aromatic N) is 1. The zero-order valence-corrected chi connectivity index (χ0v) is 10.2. The summed E-state index contributed by atoms with van der Waals surface area (Å²) in [4.78, 5) is 4.47. The standard InChI is InChI=1S/C10H16N2O3S/c1-12(16(2,13)14)10-5-3-9(4-6-10)7-8-15-11/h3-6H,7-8,11H2,1-2H3. The number of sulfonamides is 1. The lowest BCUT2D eigenvalue weighted by atomic mass is 10.1. The second-order valence-corrected chi connectivity index (χ2v) is 5.53. The zero-order chi connectivity index (χ0) is 12.2. The molecule has 2 N–H and O–H groups in total. The summed E-state index contributed by atoms with van der Waals surface area (Å²) in [5, 5.41) is 0. The van der Waals surface area contributed by atoms with E-state index in [0.29, 0.717) is 18.7 Å². The van der Waals surface area contributed by atoms with Gasteiger partial charge in [0.15, 0.2) is 0 Å². The summed E-state index contributed by atoms with van der Waals surface area (Å²) in [6, 6.07) is 7.23. The van der Waals surface area contributed by atoms with Crippen molar-refractivity contribution < 1.29 is 13.3 Å². The van der Waals surface area contributed by atoms with Crippen LogP contribution in [0, 0.1) is 0 Å². The highest BCUT2D eigenvalue weighted by Gasteiger charge is 2.10. The molecule has 0 bridgehead atoms. The van der Waals surface area contributed by atoms with Gasteiger partial charge in [-0.25, -0.2) is 14.3 Å². The predicted octanol–water partition coefficient (Wildman–Crippen LogP) is 0.515. The van der Waals surface area contributed by atoms with Crippen molar-refractivity contribution >= 4 is 15.7 Å². The summed E-state index contributed by atoms with van der Waals surface area (Å²) < 4.78 is 23.8. The molecule has 0 atom stereocenters. The van der Waals surface area contributed by atoms with Crippen LogP contribution in [0.25, 0.3) is 0 Å².